The summed E-state index contributed by atoms with van der Waals surface area (Å²) in [7, 11) is 5.18. The van der Waals surface area contributed by atoms with Crippen LogP contribution < -0.4 is 15.0 Å². The standard InChI is InChI=1S/C26H25F3N6O/c1-34-12-11-17-5-4-6-19(22(17)34)23-31-14-20(36-3)24(33-23)30-13-16-7-9-18(10-8-16)25-32-21(15-35(25)2)26(27,28)29/h4-10,14-15H,11-13H2,1-3H3,(H,30,31,33). The smallest absolute Gasteiger partial charge is 0.434 e. The molecule has 0 bridgehead atoms. The van der Waals surface area contributed by atoms with Crippen LogP contribution in [-0.4, -0.2) is 40.2 Å². The molecule has 186 valence electrons. The third-order valence-electron chi connectivity index (χ3n) is 6.27. The number of anilines is 2. The van der Waals surface area contributed by atoms with Crippen molar-refractivity contribution < 1.29 is 17.9 Å². The summed E-state index contributed by atoms with van der Waals surface area (Å²) in [6.45, 7) is 1.40. The van der Waals surface area contributed by atoms with Crippen LogP contribution in [0.3, 0.4) is 0 Å². The number of likely N-dealkylation sites (N-methyl/N-ethyl adjacent to an activating group) is 1. The van der Waals surface area contributed by atoms with E-state index >= 15 is 0 Å². The first-order valence-electron chi connectivity index (χ1n) is 11.4. The second-order valence-electron chi connectivity index (χ2n) is 8.70. The highest BCUT2D eigenvalue weighted by Crippen LogP contribution is 2.37. The van der Waals surface area contributed by atoms with E-state index in [1.807, 2.05) is 24.3 Å². The Hall–Kier alpha value is -4.08. The van der Waals surface area contributed by atoms with Crippen LogP contribution in [-0.2, 0) is 26.2 Å². The molecule has 36 heavy (non-hydrogen) atoms. The maximum Gasteiger partial charge on any atom is 0.434 e. The molecule has 2 aromatic heterocycles. The quantitative estimate of drug-likeness (QED) is 0.399. The third-order valence-corrected chi connectivity index (χ3v) is 6.27. The number of methoxy groups -OCH3 is 1. The molecule has 0 spiro atoms. The van der Waals surface area contributed by atoms with E-state index < -0.39 is 11.9 Å². The van der Waals surface area contributed by atoms with Gasteiger partial charge in [-0.3, -0.25) is 0 Å². The Balaban J connectivity index is 1.36. The Labute approximate surface area is 206 Å². The molecular weight excluding hydrogens is 469 g/mol. The van der Waals surface area contributed by atoms with Gasteiger partial charge in [-0.25, -0.2) is 15.0 Å². The van der Waals surface area contributed by atoms with Gasteiger partial charge in [0, 0.05) is 44.5 Å². The summed E-state index contributed by atoms with van der Waals surface area (Å²) in [5.74, 6) is 1.94. The fraction of sp³-hybridized carbons (Fsp3) is 0.269. The highest BCUT2D eigenvalue weighted by atomic mass is 19.4. The van der Waals surface area contributed by atoms with Crippen molar-refractivity contribution in [3.8, 4) is 28.5 Å². The van der Waals surface area contributed by atoms with E-state index in [0.29, 0.717) is 29.5 Å². The van der Waals surface area contributed by atoms with Crippen LogP contribution in [0.15, 0.2) is 54.9 Å². The van der Waals surface area contributed by atoms with Gasteiger partial charge in [-0.2, -0.15) is 13.2 Å². The molecule has 5 rings (SSSR count). The predicted octanol–water partition coefficient (Wildman–Crippen LogP) is 5.18. The van der Waals surface area contributed by atoms with Crippen molar-refractivity contribution in [1.82, 2.24) is 19.5 Å². The minimum Gasteiger partial charge on any atom is -0.491 e. The minimum absolute atomic E-state index is 0.254. The molecule has 0 fully saturated rings. The third kappa shape index (κ3) is 4.46. The molecule has 1 N–H and O–H groups in total. The molecule has 0 aliphatic carbocycles. The lowest BCUT2D eigenvalue weighted by molar-refractivity contribution is -0.140. The second-order valence-corrected chi connectivity index (χ2v) is 8.70. The SMILES string of the molecule is COc1cnc(-c2cccc3c2N(C)CC3)nc1NCc1ccc(-c2nc(C(F)(F)F)cn2C)cc1. The van der Waals surface area contributed by atoms with E-state index in [4.69, 9.17) is 9.72 Å². The van der Waals surface area contributed by atoms with Crippen LogP contribution in [0.25, 0.3) is 22.8 Å². The van der Waals surface area contributed by atoms with Crippen LogP contribution in [0.2, 0.25) is 0 Å². The number of nitrogens with zero attached hydrogens (tertiary/aromatic N) is 5. The van der Waals surface area contributed by atoms with E-state index in [-0.39, 0.29) is 5.82 Å². The van der Waals surface area contributed by atoms with Gasteiger partial charge in [-0.05, 0) is 23.6 Å². The number of para-hydroxylation sites is 1. The van der Waals surface area contributed by atoms with Crippen molar-refractivity contribution in [2.45, 2.75) is 19.1 Å². The molecule has 2 aromatic carbocycles. The lowest BCUT2D eigenvalue weighted by Gasteiger charge is -2.17. The van der Waals surface area contributed by atoms with Crippen molar-refractivity contribution in [3.05, 3.63) is 71.7 Å². The topological polar surface area (TPSA) is 68.1 Å². The maximum absolute atomic E-state index is 13.0. The van der Waals surface area contributed by atoms with E-state index in [2.05, 4.69) is 33.3 Å². The number of aryl methyl sites for hydroxylation is 1. The number of fused-ring (bicyclic) bond motifs is 1. The molecule has 0 radical (unpaired) electrons. The van der Waals surface area contributed by atoms with Gasteiger partial charge in [0.05, 0.1) is 19.0 Å². The van der Waals surface area contributed by atoms with Crippen LogP contribution in [0.4, 0.5) is 24.7 Å². The minimum atomic E-state index is -4.48. The summed E-state index contributed by atoms with van der Waals surface area (Å²) in [5.41, 5.74) is 4.00. The molecule has 7 nitrogen and oxygen atoms in total. The Morgan fingerprint density at radius 2 is 1.83 bits per heavy atom. The molecule has 0 saturated heterocycles. The van der Waals surface area contributed by atoms with Crippen LogP contribution in [0.5, 0.6) is 5.75 Å². The zero-order valence-electron chi connectivity index (χ0n) is 20.1. The summed E-state index contributed by atoms with van der Waals surface area (Å²) in [6.07, 6.45) is -0.845. The Morgan fingerprint density at radius 1 is 1.06 bits per heavy atom. The number of alkyl halides is 3. The maximum atomic E-state index is 13.0. The van der Waals surface area contributed by atoms with Crippen molar-refractivity contribution >= 4 is 11.5 Å². The van der Waals surface area contributed by atoms with Crippen molar-refractivity contribution in [3.63, 3.8) is 0 Å². The summed E-state index contributed by atoms with van der Waals surface area (Å²) < 4.78 is 45.8. The monoisotopic (exact) mass is 494 g/mol. The highest BCUT2D eigenvalue weighted by Gasteiger charge is 2.34. The first kappa shape index (κ1) is 23.7. The number of hydrogen-bond acceptors (Lipinski definition) is 6. The summed E-state index contributed by atoms with van der Waals surface area (Å²) >= 11 is 0. The second kappa shape index (κ2) is 9.18. The molecule has 1 aliphatic heterocycles. The molecule has 0 saturated carbocycles. The summed E-state index contributed by atoms with van der Waals surface area (Å²) in [5, 5.41) is 3.30. The first-order valence-corrected chi connectivity index (χ1v) is 11.4. The van der Waals surface area contributed by atoms with Crippen LogP contribution in [0, 0.1) is 0 Å². The number of benzene rings is 2. The number of imidazole rings is 1. The molecular formula is C26H25F3N6O. The number of hydrogen-bond donors (Lipinski definition) is 1. The lowest BCUT2D eigenvalue weighted by atomic mass is 10.1. The molecule has 1 aliphatic rings. The molecule has 0 atom stereocenters. The van der Waals surface area contributed by atoms with E-state index in [1.165, 1.54) is 10.1 Å². The van der Waals surface area contributed by atoms with Crippen LogP contribution in [0.1, 0.15) is 16.8 Å². The lowest BCUT2D eigenvalue weighted by Crippen LogP contribution is -2.14. The fourth-order valence-corrected chi connectivity index (χ4v) is 4.43. The summed E-state index contributed by atoms with van der Waals surface area (Å²) in [4.78, 5) is 15.2. The van der Waals surface area contributed by atoms with Crippen molar-refractivity contribution in [2.24, 2.45) is 7.05 Å². The van der Waals surface area contributed by atoms with E-state index in [9.17, 15) is 13.2 Å². The van der Waals surface area contributed by atoms with Gasteiger partial charge in [-0.1, -0.05) is 36.4 Å². The molecule has 10 heteroatoms. The van der Waals surface area contributed by atoms with E-state index in [1.54, 1.807) is 32.5 Å². The normalized spacial score (nSPS) is 13.1. The van der Waals surface area contributed by atoms with Gasteiger partial charge in [0.1, 0.15) is 5.82 Å². The molecule has 3 heterocycles. The molecule has 0 amide bonds. The number of rotatable bonds is 6. The zero-order chi connectivity index (χ0) is 25.4. The highest BCUT2D eigenvalue weighted by molar-refractivity contribution is 5.79. The predicted molar refractivity (Wildman–Crippen MR) is 132 cm³/mol. The Kier molecular flexibility index (Phi) is 6.03. The molecule has 4 aromatic rings. The number of nitrogens with one attached hydrogen (secondary N) is 1. The zero-order valence-corrected chi connectivity index (χ0v) is 20.1. The average molecular weight is 495 g/mol. The van der Waals surface area contributed by atoms with Gasteiger partial charge in [-0.15, -0.1) is 0 Å². The Bertz CT molecular complexity index is 1400. The average Bonchev–Trinajstić information content (AvgIpc) is 3.45. The van der Waals surface area contributed by atoms with Gasteiger partial charge >= 0.3 is 6.18 Å². The number of aromatic nitrogens is 4. The van der Waals surface area contributed by atoms with Gasteiger partial charge in [0.25, 0.3) is 0 Å². The summed E-state index contributed by atoms with van der Waals surface area (Å²) in [6, 6.07) is 13.4. The first-order chi connectivity index (χ1) is 17.2. The van der Waals surface area contributed by atoms with Crippen molar-refractivity contribution in [2.75, 3.05) is 30.9 Å². The number of halogens is 3. The van der Waals surface area contributed by atoms with Crippen molar-refractivity contribution in [1.29, 1.82) is 0 Å². The fourth-order valence-electron chi connectivity index (χ4n) is 4.43. The van der Waals surface area contributed by atoms with Gasteiger partial charge in [0.2, 0.25) is 0 Å². The largest absolute Gasteiger partial charge is 0.491 e. The Morgan fingerprint density at radius 3 is 2.53 bits per heavy atom. The number of ether oxygens (including phenoxy) is 1. The van der Waals surface area contributed by atoms with Gasteiger partial charge in [0.15, 0.2) is 23.1 Å². The molecule has 0 unspecified atom stereocenters. The van der Waals surface area contributed by atoms with E-state index in [0.717, 1.165) is 36.0 Å². The van der Waals surface area contributed by atoms with Gasteiger partial charge < -0.3 is 19.5 Å². The van der Waals surface area contributed by atoms with Crippen LogP contribution >= 0.6 is 0 Å².